The SMILES string of the molecule is O=C(Cc1cccnc1)N1CCc2[nH]c(Br)c(Br)c2C1. The number of aromatic amines is 1. The van der Waals surface area contributed by atoms with Crippen molar-refractivity contribution in [3.63, 3.8) is 0 Å². The number of aromatic nitrogens is 2. The molecule has 20 heavy (non-hydrogen) atoms. The maximum atomic E-state index is 12.4. The summed E-state index contributed by atoms with van der Waals surface area (Å²) in [6.45, 7) is 1.41. The molecule has 0 aliphatic carbocycles. The Labute approximate surface area is 133 Å². The van der Waals surface area contributed by atoms with Crippen molar-refractivity contribution in [3.8, 4) is 0 Å². The largest absolute Gasteiger partial charge is 0.352 e. The van der Waals surface area contributed by atoms with Gasteiger partial charge in [0.1, 0.15) is 0 Å². The molecular weight excluding hydrogens is 386 g/mol. The molecule has 6 heteroatoms. The number of nitrogens with one attached hydrogen (secondary N) is 1. The van der Waals surface area contributed by atoms with E-state index >= 15 is 0 Å². The zero-order valence-corrected chi connectivity index (χ0v) is 13.9. The molecule has 0 fully saturated rings. The molecule has 1 aliphatic rings. The second-order valence-electron chi connectivity index (χ2n) is 4.81. The van der Waals surface area contributed by atoms with Gasteiger partial charge in [-0.2, -0.15) is 0 Å². The molecule has 0 unspecified atom stereocenters. The fraction of sp³-hybridized carbons (Fsp3) is 0.286. The first kappa shape index (κ1) is 13.8. The Morgan fingerprint density at radius 1 is 1.45 bits per heavy atom. The van der Waals surface area contributed by atoms with Crippen LogP contribution in [0, 0.1) is 0 Å². The fourth-order valence-electron chi connectivity index (χ4n) is 2.42. The third kappa shape index (κ3) is 2.67. The summed E-state index contributed by atoms with van der Waals surface area (Å²) < 4.78 is 1.97. The van der Waals surface area contributed by atoms with Crippen LogP contribution in [0.2, 0.25) is 0 Å². The van der Waals surface area contributed by atoms with Crippen LogP contribution in [-0.4, -0.2) is 27.3 Å². The van der Waals surface area contributed by atoms with E-state index in [1.54, 1.807) is 12.4 Å². The Morgan fingerprint density at radius 3 is 3.05 bits per heavy atom. The second-order valence-corrected chi connectivity index (χ2v) is 6.40. The van der Waals surface area contributed by atoms with Crippen molar-refractivity contribution >= 4 is 37.8 Å². The molecule has 4 nitrogen and oxygen atoms in total. The Bertz CT molecular complexity index is 639. The Hall–Kier alpha value is -1.14. The number of amides is 1. The minimum atomic E-state index is 0.146. The standard InChI is InChI=1S/C14H13Br2N3O/c15-13-10-8-19(5-3-11(10)18-14(13)16)12(20)6-9-2-1-4-17-7-9/h1-2,4,7,18H,3,5-6,8H2. The van der Waals surface area contributed by atoms with E-state index in [1.807, 2.05) is 17.0 Å². The summed E-state index contributed by atoms with van der Waals surface area (Å²) in [7, 11) is 0. The highest BCUT2D eigenvalue weighted by molar-refractivity contribution is 9.13. The highest BCUT2D eigenvalue weighted by Gasteiger charge is 2.25. The van der Waals surface area contributed by atoms with E-state index in [0.29, 0.717) is 13.0 Å². The molecule has 2 aromatic rings. The molecule has 0 spiro atoms. The summed E-state index contributed by atoms with van der Waals surface area (Å²) in [5.41, 5.74) is 3.33. The maximum Gasteiger partial charge on any atom is 0.227 e. The number of carbonyl (C=O) groups excluding carboxylic acids is 1. The molecule has 0 saturated heterocycles. The third-order valence-corrected chi connectivity index (χ3v) is 5.50. The van der Waals surface area contributed by atoms with Crippen LogP contribution in [0.5, 0.6) is 0 Å². The van der Waals surface area contributed by atoms with Gasteiger partial charge in [0.05, 0.1) is 15.5 Å². The molecule has 0 atom stereocenters. The number of rotatable bonds is 2. The lowest BCUT2D eigenvalue weighted by Gasteiger charge is -2.27. The molecule has 3 rings (SSSR count). The van der Waals surface area contributed by atoms with Crippen LogP contribution in [-0.2, 0) is 24.2 Å². The average Bonchev–Trinajstić information content (AvgIpc) is 2.75. The summed E-state index contributed by atoms with van der Waals surface area (Å²) >= 11 is 7.03. The first-order valence-electron chi connectivity index (χ1n) is 6.36. The van der Waals surface area contributed by atoms with Gasteiger partial charge in [-0.25, -0.2) is 0 Å². The zero-order valence-electron chi connectivity index (χ0n) is 10.7. The van der Waals surface area contributed by atoms with Crippen molar-refractivity contribution in [2.45, 2.75) is 19.4 Å². The van der Waals surface area contributed by atoms with E-state index in [-0.39, 0.29) is 5.91 Å². The Balaban J connectivity index is 1.73. The first-order valence-corrected chi connectivity index (χ1v) is 7.95. The quantitative estimate of drug-likeness (QED) is 0.844. The number of pyridine rings is 1. The lowest BCUT2D eigenvalue weighted by molar-refractivity contribution is -0.131. The topological polar surface area (TPSA) is 49.0 Å². The number of nitrogens with zero attached hydrogens (tertiary/aromatic N) is 2. The lowest BCUT2D eigenvalue weighted by Crippen LogP contribution is -2.36. The molecule has 0 saturated carbocycles. The number of fused-ring (bicyclic) bond motifs is 1. The van der Waals surface area contributed by atoms with Crippen molar-refractivity contribution in [1.82, 2.24) is 14.9 Å². The summed E-state index contributed by atoms with van der Waals surface area (Å²) in [5, 5.41) is 0. The first-order chi connectivity index (χ1) is 9.65. The number of carbonyl (C=O) groups is 1. The number of hydrogen-bond donors (Lipinski definition) is 1. The number of halogens is 2. The second kappa shape index (κ2) is 5.69. The average molecular weight is 399 g/mol. The van der Waals surface area contributed by atoms with Crippen LogP contribution in [0.1, 0.15) is 16.8 Å². The highest BCUT2D eigenvalue weighted by atomic mass is 79.9. The molecule has 1 N–H and O–H groups in total. The Kier molecular flexibility index (Phi) is 3.94. The summed E-state index contributed by atoms with van der Waals surface area (Å²) in [6, 6.07) is 3.79. The molecule has 3 heterocycles. The predicted molar refractivity (Wildman–Crippen MR) is 83.3 cm³/mol. The molecule has 1 aliphatic heterocycles. The minimum Gasteiger partial charge on any atom is -0.352 e. The molecular formula is C14H13Br2N3O. The summed E-state index contributed by atoms with van der Waals surface area (Å²) in [5.74, 6) is 0.146. The predicted octanol–water partition coefficient (Wildman–Crippen LogP) is 3.06. The minimum absolute atomic E-state index is 0.146. The van der Waals surface area contributed by atoms with Gasteiger partial charge < -0.3 is 9.88 Å². The van der Waals surface area contributed by atoms with Crippen molar-refractivity contribution < 1.29 is 4.79 Å². The molecule has 0 bridgehead atoms. The highest BCUT2D eigenvalue weighted by Crippen LogP contribution is 2.33. The van der Waals surface area contributed by atoms with Gasteiger partial charge in [0.2, 0.25) is 5.91 Å². The van der Waals surface area contributed by atoms with Gasteiger partial charge in [-0.1, -0.05) is 6.07 Å². The van der Waals surface area contributed by atoms with Gasteiger partial charge in [-0.3, -0.25) is 9.78 Å². The number of hydrogen-bond acceptors (Lipinski definition) is 2. The van der Waals surface area contributed by atoms with Gasteiger partial charge in [-0.05, 0) is 43.5 Å². The zero-order chi connectivity index (χ0) is 14.1. The van der Waals surface area contributed by atoms with Crippen LogP contribution >= 0.6 is 31.9 Å². The molecule has 104 valence electrons. The van der Waals surface area contributed by atoms with Crippen molar-refractivity contribution in [3.05, 3.63) is 50.4 Å². The van der Waals surface area contributed by atoms with Crippen LogP contribution in [0.3, 0.4) is 0 Å². The monoisotopic (exact) mass is 397 g/mol. The smallest absolute Gasteiger partial charge is 0.227 e. The lowest BCUT2D eigenvalue weighted by atomic mass is 10.1. The van der Waals surface area contributed by atoms with Gasteiger partial charge in [0, 0.05) is 43.2 Å². The molecule has 0 aromatic carbocycles. The molecule has 2 aromatic heterocycles. The van der Waals surface area contributed by atoms with Crippen molar-refractivity contribution in [2.24, 2.45) is 0 Å². The molecule has 0 radical (unpaired) electrons. The van der Waals surface area contributed by atoms with Crippen LogP contribution in [0.4, 0.5) is 0 Å². The van der Waals surface area contributed by atoms with Gasteiger partial charge in [0.15, 0.2) is 0 Å². The third-order valence-electron chi connectivity index (χ3n) is 3.49. The van der Waals surface area contributed by atoms with E-state index in [4.69, 9.17) is 0 Å². The van der Waals surface area contributed by atoms with Crippen LogP contribution in [0.25, 0.3) is 0 Å². The van der Waals surface area contributed by atoms with Gasteiger partial charge in [0.25, 0.3) is 0 Å². The van der Waals surface area contributed by atoms with Gasteiger partial charge in [-0.15, -0.1) is 0 Å². The van der Waals surface area contributed by atoms with Crippen LogP contribution < -0.4 is 0 Å². The van der Waals surface area contributed by atoms with Crippen LogP contribution in [0.15, 0.2) is 33.6 Å². The summed E-state index contributed by atoms with van der Waals surface area (Å²) in [6.07, 6.45) is 4.73. The molecule has 1 amide bonds. The van der Waals surface area contributed by atoms with Crippen molar-refractivity contribution in [2.75, 3.05) is 6.54 Å². The van der Waals surface area contributed by atoms with E-state index in [2.05, 4.69) is 41.8 Å². The van der Waals surface area contributed by atoms with E-state index in [1.165, 1.54) is 11.3 Å². The van der Waals surface area contributed by atoms with E-state index in [9.17, 15) is 4.79 Å². The van der Waals surface area contributed by atoms with Crippen molar-refractivity contribution in [1.29, 1.82) is 0 Å². The maximum absolute atomic E-state index is 12.4. The number of H-pyrrole nitrogens is 1. The van der Waals surface area contributed by atoms with E-state index in [0.717, 1.165) is 27.6 Å². The normalized spacial score (nSPS) is 14.2. The van der Waals surface area contributed by atoms with Gasteiger partial charge >= 0.3 is 0 Å². The fourth-order valence-corrected chi connectivity index (χ4v) is 3.37. The summed E-state index contributed by atoms with van der Waals surface area (Å²) in [4.78, 5) is 21.6. The Morgan fingerprint density at radius 2 is 2.30 bits per heavy atom. The van der Waals surface area contributed by atoms with E-state index < -0.39 is 0 Å².